The second kappa shape index (κ2) is 10.6. The molecule has 2 aliphatic heterocycles. The summed E-state index contributed by atoms with van der Waals surface area (Å²) >= 11 is 0. The minimum absolute atomic E-state index is 0.0604. The fraction of sp³-hybridized carbons (Fsp3) is 0.333. The van der Waals surface area contributed by atoms with Gasteiger partial charge in [0.1, 0.15) is 28.8 Å². The highest BCUT2D eigenvalue weighted by molar-refractivity contribution is 5.90. The van der Waals surface area contributed by atoms with Crippen molar-refractivity contribution in [2.75, 3.05) is 18.4 Å². The van der Waals surface area contributed by atoms with Crippen LogP contribution in [0, 0.1) is 23.6 Å². The fourth-order valence-corrected chi connectivity index (χ4v) is 5.55. The molecule has 204 valence electrons. The minimum Gasteiger partial charge on any atom is -0.478 e. The van der Waals surface area contributed by atoms with E-state index in [9.17, 15) is 19.1 Å². The van der Waals surface area contributed by atoms with Crippen LogP contribution in [0.15, 0.2) is 66.7 Å². The second-order valence-electron chi connectivity index (χ2n) is 10.7. The molecule has 2 amide bonds. The number of nitrogens with one attached hydrogen (secondary N) is 1. The maximum atomic E-state index is 13.4. The third kappa shape index (κ3) is 5.83. The number of carbonyl (C=O) groups is 2. The Hall–Kier alpha value is -4.11. The average molecular weight is 535 g/mol. The van der Waals surface area contributed by atoms with Gasteiger partial charge in [0.25, 0.3) is 0 Å². The monoisotopic (exact) mass is 534 g/mol. The SMILES string of the molecule is CC(C)CC1(O)C2CC1CN(C(=O)Nc1cc(Oc3ccc(F)cc3)cc(Oc3ccc(C(=O)O)cc3)c1)C2. The average Bonchev–Trinajstić information content (AvgIpc) is 2.90. The summed E-state index contributed by atoms with van der Waals surface area (Å²) in [4.78, 5) is 26.1. The summed E-state index contributed by atoms with van der Waals surface area (Å²) in [5, 5.41) is 23.2. The molecule has 8 nitrogen and oxygen atoms in total. The van der Waals surface area contributed by atoms with Crippen molar-refractivity contribution in [3.05, 3.63) is 78.1 Å². The molecule has 2 saturated heterocycles. The molecule has 3 N–H and O–H groups in total. The molecule has 1 saturated carbocycles. The van der Waals surface area contributed by atoms with Crippen LogP contribution in [-0.2, 0) is 0 Å². The first-order valence-electron chi connectivity index (χ1n) is 13.0. The number of carboxylic acids is 1. The van der Waals surface area contributed by atoms with Crippen LogP contribution in [0.2, 0.25) is 0 Å². The van der Waals surface area contributed by atoms with Crippen molar-refractivity contribution >= 4 is 17.7 Å². The van der Waals surface area contributed by atoms with Crippen LogP contribution in [0.25, 0.3) is 0 Å². The van der Waals surface area contributed by atoms with Crippen molar-refractivity contribution in [2.45, 2.75) is 32.3 Å². The highest BCUT2D eigenvalue weighted by Gasteiger charge is 2.58. The topological polar surface area (TPSA) is 108 Å². The number of fused-ring (bicyclic) bond motifs is 2. The first-order valence-corrected chi connectivity index (χ1v) is 13.0. The summed E-state index contributed by atoms with van der Waals surface area (Å²) in [5.74, 6) is 0.564. The number of carbonyl (C=O) groups excluding carboxylic acids is 1. The minimum atomic E-state index is -1.04. The zero-order chi connectivity index (χ0) is 27.7. The molecule has 6 rings (SSSR count). The van der Waals surface area contributed by atoms with Gasteiger partial charge in [-0.15, -0.1) is 0 Å². The molecule has 3 aromatic carbocycles. The molecule has 0 radical (unpaired) electrons. The van der Waals surface area contributed by atoms with E-state index in [0.29, 0.717) is 47.7 Å². The van der Waals surface area contributed by atoms with Gasteiger partial charge >= 0.3 is 12.0 Å². The first kappa shape index (κ1) is 26.5. The van der Waals surface area contributed by atoms with E-state index >= 15 is 0 Å². The molecule has 3 fully saturated rings. The van der Waals surface area contributed by atoms with E-state index in [2.05, 4.69) is 19.2 Å². The van der Waals surface area contributed by atoms with Crippen molar-refractivity contribution in [1.82, 2.24) is 4.90 Å². The van der Waals surface area contributed by atoms with Gasteiger partial charge in [-0.25, -0.2) is 14.0 Å². The van der Waals surface area contributed by atoms with Crippen molar-refractivity contribution in [3.63, 3.8) is 0 Å². The van der Waals surface area contributed by atoms with Gasteiger partial charge in [-0.2, -0.15) is 0 Å². The third-order valence-electron chi connectivity index (χ3n) is 7.40. The van der Waals surface area contributed by atoms with Gasteiger partial charge in [0.2, 0.25) is 0 Å². The number of urea groups is 1. The van der Waals surface area contributed by atoms with Gasteiger partial charge in [-0.1, -0.05) is 13.8 Å². The summed E-state index contributed by atoms with van der Waals surface area (Å²) in [7, 11) is 0. The van der Waals surface area contributed by atoms with E-state index < -0.39 is 17.4 Å². The lowest BCUT2D eigenvalue weighted by Gasteiger charge is -2.60. The highest BCUT2D eigenvalue weighted by atomic mass is 19.1. The number of benzene rings is 3. The maximum absolute atomic E-state index is 13.4. The number of aromatic carboxylic acids is 1. The Labute approximate surface area is 226 Å². The fourth-order valence-electron chi connectivity index (χ4n) is 5.55. The van der Waals surface area contributed by atoms with Gasteiger partial charge in [-0.05, 0) is 67.3 Å². The van der Waals surface area contributed by atoms with Gasteiger partial charge < -0.3 is 29.9 Å². The number of aliphatic hydroxyl groups is 1. The number of rotatable bonds is 8. The molecular formula is C30H31FN2O6. The Morgan fingerprint density at radius 1 is 0.949 bits per heavy atom. The Bertz CT molecular complexity index is 1350. The summed E-state index contributed by atoms with van der Waals surface area (Å²) in [6, 6.07) is 16.1. The van der Waals surface area contributed by atoms with Crippen LogP contribution in [0.5, 0.6) is 23.0 Å². The molecule has 2 atom stereocenters. The molecule has 3 aliphatic rings. The van der Waals surface area contributed by atoms with Crippen molar-refractivity contribution in [3.8, 4) is 23.0 Å². The first-order chi connectivity index (χ1) is 18.6. The molecule has 9 heteroatoms. The van der Waals surface area contributed by atoms with E-state index in [-0.39, 0.29) is 23.4 Å². The summed E-state index contributed by atoms with van der Waals surface area (Å²) in [5.41, 5.74) is -0.151. The zero-order valence-corrected chi connectivity index (χ0v) is 21.8. The number of ether oxygens (including phenoxy) is 2. The standard InChI is InChI=1S/C30H31FN2O6/c1-18(2)15-30(37)20-11-21(30)17-33(16-20)29(36)32-23-12-26(38-24-7-3-19(4-8-24)28(34)35)14-27(13-23)39-25-9-5-22(31)6-10-25/h3-10,12-14,18,20-21,37H,11,15-17H2,1-2H3,(H,32,36)(H,34,35). The van der Waals surface area contributed by atoms with Gasteiger partial charge in [0.05, 0.1) is 11.2 Å². The highest BCUT2D eigenvalue weighted by Crippen LogP contribution is 2.51. The summed E-state index contributed by atoms with van der Waals surface area (Å²) < 4.78 is 25.2. The number of piperidine rings is 2. The van der Waals surface area contributed by atoms with Crippen LogP contribution < -0.4 is 14.8 Å². The number of nitrogens with zero attached hydrogens (tertiary/aromatic N) is 1. The van der Waals surface area contributed by atoms with Crippen LogP contribution in [0.1, 0.15) is 37.0 Å². The molecule has 2 heterocycles. The van der Waals surface area contributed by atoms with Gasteiger partial charge in [0, 0.05) is 48.8 Å². The van der Waals surface area contributed by atoms with Crippen molar-refractivity contribution in [2.24, 2.45) is 17.8 Å². The number of hydrogen-bond donors (Lipinski definition) is 3. The second-order valence-corrected chi connectivity index (χ2v) is 10.7. The number of carboxylic acid groups (broad SMARTS) is 1. The Balaban J connectivity index is 1.34. The number of halogens is 1. The molecule has 3 aromatic rings. The Morgan fingerprint density at radius 3 is 2.00 bits per heavy atom. The largest absolute Gasteiger partial charge is 0.478 e. The zero-order valence-electron chi connectivity index (χ0n) is 21.8. The predicted octanol–water partition coefficient (Wildman–Crippen LogP) is 6.37. The van der Waals surface area contributed by atoms with Gasteiger partial charge in [-0.3, -0.25) is 0 Å². The van der Waals surface area contributed by atoms with Crippen LogP contribution in [-0.4, -0.2) is 45.8 Å². The number of amides is 2. The molecule has 0 aromatic heterocycles. The predicted molar refractivity (Wildman–Crippen MR) is 143 cm³/mol. The summed E-state index contributed by atoms with van der Waals surface area (Å²) in [6.45, 7) is 5.16. The van der Waals surface area contributed by atoms with Crippen molar-refractivity contribution in [1.29, 1.82) is 0 Å². The Kier molecular flexibility index (Phi) is 7.18. The lowest BCUT2D eigenvalue weighted by atomic mass is 9.55. The molecule has 2 unspecified atom stereocenters. The van der Waals surface area contributed by atoms with E-state index in [0.717, 1.165) is 12.8 Å². The Morgan fingerprint density at radius 2 is 1.49 bits per heavy atom. The van der Waals surface area contributed by atoms with E-state index in [4.69, 9.17) is 14.6 Å². The number of hydrogen-bond acceptors (Lipinski definition) is 5. The maximum Gasteiger partial charge on any atom is 0.335 e. The quantitative estimate of drug-likeness (QED) is 0.310. The van der Waals surface area contributed by atoms with Crippen LogP contribution in [0.4, 0.5) is 14.9 Å². The van der Waals surface area contributed by atoms with Crippen LogP contribution >= 0.6 is 0 Å². The normalized spacial score (nSPS) is 21.7. The van der Waals surface area contributed by atoms with E-state index in [1.807, 2.05) is 0 Å². The summed E-state index contributed by atoms with van der Waals surface area (Å²) in [6.07, 6.45) is 1.65. The number of anilines is 1. The molecule has 1 aliphatic carbocycles. The molecule has 39 heavy (non-hydrogen) atoms. The van der Waals surface area contributed by atoms with Crippen LogP contribution in [0.3, 0.4) is 0 Å². The van der Waals surface area contributed by atoms with E-state index in [1.54, 1.807) is 23.1 Å². The smallest absolute Gasteiger partial charge is 0.335 e. The lowest BCUT2D eigenvalue weighted by molar-refractivity contribution is -0.196. The third-order valence-corrected chi connectivity index (χ3v) is 7.40. The molecular weight excluding hydrogens is 503 g/mol. The van der Waals surface area contributed by atoms with E-state index in [1.165, 1.54) is 48.5 Å². The van der Waals surface area contributed by atoms with Gasteiger partial charge in [0.15, 0.2) is 0 Å². The molecule has 2 bridgehead atoms. The lowest BCUT2D eigenvalue weighted by Crippen LogP contribution is -2.68. The van der Waals surface area contributed by atoms with Crippen molar-refractivity contribution < 1.29 is 33.7 Å². The molecule has 0 spiro atoms.